The molecule has 2 N–H and O–H groups in total. The molecule has 0 bridgehead atoms. The number of carbonyl (C=O) groups excluding carboxylic acids is 1. The molecule has 0 aromatic heterocycles. The molecule has 1 saturated heterocycles. The highest BCUT2D eigenvalue weighted by Gasteiger charge is 2.35. The van der Waals surface area contributed by atoms with Crippen LogP contribution in [-0.4, -0.2) is 56.8 Å². The maximum absolute atomic E-state index is 12.2. The van der Waals surface area contributed by atoms with Gasteiger partial charge >= 0.3 is 0 Å². The first-order chi connectivity index (χ1) is 8.36. The van der Waals surface area contributed by atoms with Crippen LogP contribution in [0, 0.1) is 0 Å². The van der Waals surface area contributed by atoms with Gasteiger partial charge in [0.15, 0.2) is 6.10 Å². The summed E-state index contributed by atoms with van der Waals surface area (Å²) in [6.45, 7) is 6.42. The lowest BCUT2D eigenvalue weighted by molar-refractivity contribution is -0.152. The molecule has 5 heteroatoms. The van der Waals surface area contributed by atoms with E-state index < -0.39 is 11.7 Å². The van der Waals surface area contributed by atoms with Gasteiger partial charge in [-0.3, -0.25) is 4.79 Å². The minimum Gasteiger partial charge on any atom is -0.387 e. The topological polar surface area (TPSA) is 60.8 Å². The Kier molecular flexibility index (Phi) is 5.95. The van der Waals surface area contributed by atoms with Crippen LogP contribution in [0.3, 0.4) is 0 Å². The molecule has 106 valence electrons. The van der Waals surface area contributed by atoms with E-state index in [9.17, 15) is 15.0 Å². The largest absolute Gasteiger partial charge is 0.387 e. The molecule has 1 fully saturated rings. The summed E-state index contributed by atoms with van der Waals surface area (Å²) in [4.78, 5) is 13.9. The lowest BCUT2D eigenvalue weighted by atomic mass is 10.0. The summed E-state index contributed by atoms with van der Waals surface area (Å²) in [5, 5.41) is 20.0. The molecular formula is C13H25NO3S. The maximum Gasteiger partial charge on any atom is 0.254 e. The third kappa shape index (κ3) is 4.44. The van der Waals surface area contributed by atoms with Crippen molar-refractivity contribution in [3.05, 3.63) is 0 Å². The van der Waals surface area contributed by atoms with Crippen LogP contribution in [-0.2, 0) is 4.79 Å². The Bertz CT molecular complexity index is 278. The molecule has 1 heterocycles. The van der Waals surface area contributed by atoms with Gasteiger partial charge in [0.1, 0.15) is 0 Å². The van der Waals surface area contributed by atoms with Crippen molar-refractivity contribution in [2.75, 3.05) is 18.8 Å². The zero-order valence-electron chi connectivity index (χ0n) is 11.6. The van der Waals surface area contributed by atoms with E-state index in [1.54, 1.807) is 4.90 Å². The van der Waals surface area contributed by atoms with E-state index >= 15 is 0 Å². The molecular weight excluding hydrogens is 250 g/mol. The van der Waals surface area contributed by atoms with Crippen molar-refractivity contribution in [3.8, 4) is 0 Å². The summed E-state index contributed by atoms with van der Waals surface area (Å²) in [5.41, 5.74) is -1.38. The van der Waals surface area contributed by atoms with Crippen molar-refractivity contribution in [3.63, 3.8) is 0 Å². The number of nitrogens with zero attached hydrogens (tertiary/aromatic N) is 1. The monoisotopic (exact) mass is 275 g/mol. The number of rotatable bonds is 4. The van der Waals surface area contributed by atoms with E-state index in [2.05, 4.69) is 6.92 Å². The highest BCUT2D eigenvalue weighted by Crippen LogP contribution is 2.23. The first-order valence-corrected chi connectivity index (χ1v) is 7.72. The lowest BCUT2D eigenvalue weighted by Crippen LogP contribution is -2.50. The average molecular weight is 275 g/mol. The first-order valence-electron chi connectivity index (χ1n) is 6.67. The second-order valence-electron chi connectivity index (χ2n) is 5.41. The van der Waals surface area contributed by atoms with E-state index in [1.165, 1.54) is 13.8 Å². The SMILES string of the molecule is CCSC1CCCCN(C(=O)C(O)C(C)(C)O)C1. The van der Waals surface area contributed by atoms with Gasteiger partial charge in [0.2, 0.25) is 0 Å². The normalized spacial score (nSPS) is 23.6. The number of amides is 1. The fourth-order valence-electron chi connectivity index (χ4n) is 2.15. The Morgan fingerprint density at radius 2 is 2.17 bits per heavy atom. The number of hydrogen-bond acceptors (Lipinski definition) is 4. The van der Waals surface area contributed by atoms with E-state index in [1.807, 2.05) is 11.8 Å². The summed E-state index contributed by atoms with van der Waals surface area (Å²) >= 11 is 1.87. The molecule has 1 aliphatic heterocycles. The van der Waals surface area contributed by atoms with Crippen LogP contribution < -0.4 is 0 Å². The van der Waals surface area contributed by atoms with Crippen molar-refractivity contribution in [1.82, 2.24) is 4.90 Å². The van der Waals surface area contributed by atoms with Gasteiger partial charge < -0.3 is 15.1 Å². The summed E-state index contributed by atoms with van der Waals surface area (Å²) in [5.74, 6) is 0.701. The zero-order valence-corrected chi connectivity index (χ0v) is 12.4. The predicted molar refractivity (Wildman–Crippen MR) is 74.7 cm³/mol. The fraction of sp³-hybridized carbons (Fsp3) is 0.923. The number of thioether (sulfide) groups is 1. The van der Waals surface area contributed by atoms with Crippen LogP contribution >= 0.6 is 11.8 Å². The van der Waals surface area contributed by atoms with Crippen molar-refractivity contribution < 1.29 is 15.0 Å². The van der Waals surface area contributed by atoms with Gasteiger partial charge in [-0.05, 0) is 32.4 Å². The smallest absolute Gasteiger partial charge is 0.254 e. The summed E-state index contributed by atoms with van der Waals surface area (Å²) in [7, 11) is 0. The molecule has 1 aliphatic rings. The van der Waals surface area contributed by atoms with Gasteiger partial charge in [-0.15, -0.1) is 0 Å². The van der Waals surface area contributed by atoms with E-state index in [0.29, 0.717) is 18.3 Å². The number of aliphatic hydroxyl groups is 2. The number of aliphatic hydroxyl groups excluding tert-OH is 1. The van der Waals surface area contributed by atoms with E-state index in [0.717, 1.165) is 25.0 Å². The van der Waals surface area contributed by atoms with Crippen LogP contribution in [0.1, 0.15) is 40.0 Å². The van der Waals surface area contributed by atoms with Gasteiger partial charge in [0.25, 0.3) is 5.91 Å². The first kappa shape index (κ1) is 15.8. The molecule has 0 spiro atoms. The van der Waals surface area contributed by atoms with Gasteiger partial charge in [0.05, 0.1) is 5.60 Å². The lowest BCUT2D eigenvalue weighted by Gasteiger charge is -2.31. The number of likely N-dealkylation sites (tertiary alicyclic amines) is 1. The maximum atomic E-state index is 12.2. The molecule has 0 aliphatic carbocycles. The summed E-state index contributed by atoms with van der Waals surface area (Å²) in [6, 6.07) is 0. The molecule has 0 aromatic rings. The molecule has 1 rings (SSSR count). The Morgan fingerprint density at radius 1 is 1.50 bits per heavy atom. The number of hydrogen-bond donors (Lipinski definition) is 2. The van der Waals surface area contributed by atoms with Crippen molar-refractivity contribution in [2.45, 2.75) is 57.0 Å². The Hall–Kier alpha value is -0.260. The van der Waals surface area contributed by atoms with E-state index in [-0.39, 0.29) is 5.91 Å². The highest BCUT2D eigenvalue weighted by molar-refractivity contribution is 7.99. The number of carbonyl (C=O) groups is 1. The molecule has 0 aromatic carbocycles. The molecule has 18 heavy (non-hydrogen) atoms. The predicted octanol–water partition coefficient (Wildman–Crippen LogP) is 1.25. The molecule has 4 nitrogen and oxygen atoms in total. The van der Waals surface area contributed by atoms with E-state index in [4.69, 9.17) is 0 Å². The van der Waals surface area contributed by atoms with Gasteiger partial charge in [-0.25, -0.2) is 0 Å². The highest BCUT2D eigenvalue weighted by atomic mass is 32.2. The quantitative estimate of drug-likeness (QED) is 0.811. The van der Waals surface area contributed by atoms with Gasteiger partial charge in [-0.2, -0.15) is 11.8 Å². The van der Waals surface area contributed by atoms with Crippen molar-refractivity contribution >= 4 is 17.7 Å². The molecule has 0 saturated carbocycles. The van der Waals surface area contributed by atoms with Crippen LogP contribution in [0.2, 0.25) is 0 Å². The summed E-state index contributed by atoms with van der Waals surface area (Å²) in [6.07, 6.45) is 1.90. The molecule has 1 amide bonds. The van der Waals surface area contributed by atoms with Gasteiger partial charge in [-0.1, -0.05) is 13.3 Å². The van der Waals surface area contributed by atoms with Crippen LogP contribution in [0.5, 0.6) is 0 Å². The standard InChI is InChI=1S/C13H25NO3S/c1-4-18-10-7-5-6-8-14(9-10)12(16)11(15)13(2,3)17/h10-11,15,17H,4-9H2,1-3H3. The Balaban J connectivity index is 2.65. The average Bonchev–Trinajstić information content (AvgIpc) is 2.52. The Labute approximate surface area is 114 Å². The van der Waals surface area contributed by atoms with Crippen molar-refractivity contribution in [2.24, 2.45) is 0 Å². The molecule has 2 unspecified atom stereocenters. The second kappa shape index (κ2) is 6.78. The van der Waals surface area contributed by atoms with Gasteiger partial charge in [0, 0.05) is 18.3 Å². The summed E-state index contributed by atoms with van der Waals surface area (Å²) < 4.78 is 0. The fourth-order valence-corrected chi connectivity index (χ4v) is 3.24. The molecule has 2 atom stereocenters. The third-order valence-corrected chi connectivity index (χ3v) is 4.43. The Morgan fingerprint density at radius 3 is 2.72 bits per heavy atom. The third-order valence-electron chi connectivity index (χ3n) is 3.25. The zero-order chi connectivity index (χ0) is 13.8. The van der Waals surface area contributed by atoms with Crippen LogP contribution in [0.25, 0.3) is 0 Å². The minimum absolute atomic E-state index is 0.342. The van der Waals surface area contributed by atoms with Crippen LogP contribution in [0.4, 0.5) is 0 Å². The van der Waals surface area contributed by atoms with Crippen molar-refractivity contribution in [1.29, 1.82) is 0 Å². The molecule has 0 radical (unpaired) electrons. The van der Waals surface area contributed by atoms with Crippen LogP contribution in [0.15, 0.2) is 0 Å². The minimum atomic E-state index is -1.38. The second-order valence-corrected chi connectivity index (χ2v) is 6.99.